The summed E-state index contributed by atoms with van der Waals surface area (Å²) < 4.78 is 48.9. The van der Waals surface area contributed by atoms with Crippen molar-refractivity contribution in [3.63, 3.8) is 0 Å². The molecular formula is C31H28ClF3N2O5. The van der Waals surface area contributed by atoms with E-state index >= 15 is 0 Å². The summed E-state index contributed by atoms with van der Waals surface area (Å²) in [6.07, 6.45) is -3.52. The Labute approximate surface area is 245 Å². The number of carboxylic acids is 1. The summed E-state index contributed by atoms with van der Waals surface area (Å²) in [5.41, 5.74) is 2.46. The third kappa shape index (κ3) is 6.65. The Bertz CT molecular complexity index is 1560. The second kappa shape index (κ2) is 11.6. The summed E-state index contributed by atoms with van der Waals surface area (Å²) >= 11 is 6.60. The van der Waals surface area contributed by atoms with Crippen LogP contribution >= 0.6 is 11.6 Å². The van der Waals surface area contributed by atoms with Crippen molar-refractivity contribution in [1.29, 1.82) is 5.41 Å². The number of alkyl halides is 3. The van der Waals surface area contributed by atoms with Crippen molar-refractivity contribution < 1.29 is 37.7 Å². The fourth-order valence-electron chi connectivity index (χ4n) is 4.97. The summed E-state index contributed by atoms with van der Waals surface area (Å²) in [5.74, 6) is -1.28. The van der Waals surface area contributed by atoms with Crippen LogP contribution in [-0.2, 0) is 0 Å². The second-order valence-corrected chi connectivity index (χ2v) is 10.9. The fourth-order valence-corrected chi connectivity index (χ4v) is 5.29. The second-order valence-electron chi connectivity index (χ2n) is 10.5. The van der Waals surface area contributed by atoms with Crippen LogP contribution < -0.4 is 14.4 Å². The van der Waals surface area contributed by atoms with E-state index in [0.29, 0.717) is 36.7 Å². The highest BCUT2D eigenvalue weighted by molar-refractivity contribution is 6.31. The van der Waals surface area contributed by atoms with Crippen LogP contribution in [-0.4, -0.2) is 48.0 Å². The number of aliphatic hydroxyl groups is 1. The molecule has 1 aliphatic carbocycles. The lowest BCUT2D eigenvalue weighted by Crippen LogP contribution is -2.45. The number of hydrogen-bond acceptors (Lipinski definition) is 6. The van der Waals surface area contributed by atoms with E-state index in [0.717, 1.165) is 22.9 Å². The summed E-state index contributed by atoms with van der Waals surface area (Å²) in [6.45, 7) is 2.90. The van der Waals surface area contributed by atoms with Gasteiger partial charge in [-0.15, -0.1) is 13.2 Å². The highest BCUT2D eigenvalue weighted by atomic mass is 35.5. The third-order valence-corrected chi connectivity index (χ3v) is 7.64. The van der Waals surface area contributed by atoms with Crippen LogP contribution in [0.25, 0.3) is 0 Å². The Morgan fingerprint density at radius 1 is 1.07 bits per heavy atom. The fraction of sp³-hybridized carbons (Fsp3) is 0.290. The molecule has 11 heteroatoms. The predicted octanol–water partition coefficient (Wildman–Crippen LogP) is 7.52. The van der Waals surface area contributed by atoms with Gasteiger partial charge in [-0.3, -0.25) is 5.41 Å². The maximum atomic E-state index is 13.0. The van der Waals surface area contributed by atoms with E-state index in [1.807, 2.05) is 19.1 Å². The minimum atomic E-state index is -4.94. The first-order chi connectivity index (χ1) is 19.9. The Kier molecular flexibility index (Phi) is 8.10. The standard InChI is InChI=1S/C31H28ClF3N2O5/c1-17-10-19(30(39)40)12-21(11-17)37-14-20(15-37)23-9-8-22(13-26(23)32)41-16-25(29(38)18-6-7-18)28(36)24-4-2-3-5-27(24)42-31(33,34)35/h2-5,8-13,18,20,36,38H,6-7,14-16H2,1H3,(H,39,40)/b29-25-,36-28?. The molecule has 2 fully saturated rings. The summed E-state index contributed by atoms with van der Waals surface area (Å²) in [4.78, 5) is 13.5. The highest BCUT2D eigenvalue weighted by Gasteiger charge is 2.35. The first kappa shape index (κ1) is 29.3. The van der Waals surface area contributed by atoms with Crippen molar-refractivity contribution in [2.24, 2.45) is 5.92 Å². The van der Waals surface area contributed by atoms with Crippen molar-refractivity contribution in [3.8, 4) is 11.5 Å². The number of aromatic carboxylic acids is 1. The van der Waals surface area contributed by atoms with E-state index < -0.39 is 18.1 Å². The van der Waals surface area contributed by atoms with Crippen molar-refractivity contribution in [2.75, 3.05) is 24.6 Å². The number of carboxylic acid groups (broad SMARTS) is 1. The van der Waals surface area contributed by atoms with Crippen molar-refractivity contribution in [1.82, 2.24) is 0 Å². The van der Waals surface area contributed by atoms with Gasteiger partial charge >= 0.3 is 12.3 Å². The molecule has 0 aromatic heterocycles. The molecule has 0 bridgehead atoms. The Morgan fingerprint density at radius 2 is 1.79 bits per heavy atom. The maximum absolute atomic E-state index is 13.0. The van der Waals surface area contributed by atoms with Gasteiger partial charge in [-0.05, 0) is 73.4 Å². The number of para-hydroxylation sites is 1. The summed E-state index contributed by atoms with van der Waals surface area (Å²) in [5, 5.41) is 29.3. The van der Waals surface area contributed by atoms with E-state index in [1.165, 1.54) is 18.2 Å². The van der Waals surface area contributed by atoms with Crippen LogP contribution in [0.4, 0.5) is 18.9 Å². The molecule has 0 unspecified atom stereocenters. The average Bonchev–Trinajstić information content (AvgIpc) is 3.73. The first-order valence-corrected chi connectivity index (χ1v) is 13.7. The van der Waals surface area contributed by atoms with Gasteiger partial charge in [0.05, 0.1) is 16.8 Å². The zero-order valence-corrected chi connectivity index (χ0v) is 23.3. The molecule has 1 aliphatic heterocycles. The molecule has 2 aliphatic rings. The predicted molar refractivity (Wildman–Crippen MR) is 152 cm³/mol. The lowest BCUT2D eigenvalue weighted by Gasteiger charge is -2.42. The van der Waals surface area contributed by atoms with Crippen LogP contribution in [0.3, 0.4) is 0 Å². The van der Waals surface area contributed by atoms with Crippen LogP contribution in [0.5, 0.6) is 11.5 Å². The summed E-state index contributed by atoms with van der Waals surface area (Å²) in [6, 6.07) is 15.7. The maximum Gasteiger partial charge on any atom is 0.573 e. The Morgan fingerprint density at radius 3 is 2.43 bits per heavy atom. The molecule has 0 spiro atoms. The minimum absolute atomic E-state index is 0.0736. The van der Waals surface area contributed by atoms with Gasteiger partial charge in [0.2, 0.25) is 0 Å². The van der Waals surface area contributed by atoms with Crippen LogP contribution in [0.1, 0.15) is 45.8 Å². The number of nitrogens with zero attached hydrogens (tertiary/aromatic N) is 1. The number of anilines is 1. The minimum Gasteiger partial charge on any atom is -0.512 e. The first-order valence-electron chi connectivity index (χ1n) is 13.3. The third-order valence-electron chi connectivity index (χ3n) is 7.31. The average molecular weight is 601 g/mol. The van der Waals surface area contributed by atoms with Crippen molar-refractivity contribution >= 4 is 29.0 Å². The van der Waals surface area contributed by atoms with Crippen molar-refractivity contribution in [3.05, 3.63) is 99.3 Å². The van der Waals surface area contributed by atoms with Gasteiger partial charge in [0.15, 0.2) is 0 Å². The molecule has 5 rings (SSSR count). The van der Waals surface area contributed by atoms with Gasteiger partial charge in [-0.25, -0.2) is 4.79 Å². The number of rotatable bonds is 10. The summed E-state index contributed by atoms with van der Waals surface area (Å²) in [7, 11) is 0. The van der Waals surface area contributed by atoms with Gasteiger partial charge in [-0.2, -0.15) is 0 Å². The molecule has 7 nitrogen and oxygen atoms in total. The van der Waals surface area contributed by atoms with E-state index in [-0.39, 0.29) is 46.6 Å². The molecule has 42 heavy (non-hydrogen) atoms. The number of nitrogens with one attached hydrogen (secondary N) is 1. The van der Waals surface area contributed by atoms with Crippen LogP contribution in [0, 0.1) is 18.3 Å². The number of aryl methyl sites for hydroxylation is 1. The van der Waals surface area contributed by atoms with E-state index in [2.05, 4.69) is 9.64 Å². The van der Waals surface area contributed by atoms with Gasteiger partial charge in [-0.1, -0.05) is 29.8 Å². The molecule has 0 radical (unpaired) electrons. The molecule has 1 saturated heterocycles. The number of aliphatic hydroxyl groups excluding tert-OH is 1. The number of carbonyl (C=O) groups is 1. The number of benzene rings is 3. The SMILES string of the molecule is Cc1cc(C(=O)O)cc(N2CC(c3ccc(OC/C(C(=N)c4ccccc4OC(F)(F)F)=C(/O)C4CC4)cc3Cl)C2)c1. The number of ether oxygens (including phenoxy) is 2. The largest absolute Gasteiger partial charge is 0.573 e. The smallest absolute Gasteiger partial charge is 0.512 e. The van der Waals surface area contributed by atoms with Gasteiger partial charge in [0.1, 0.15) is 23.9 Å². The number of hydrogen-bond donors (Lipinski definition) is 3. The molecular weight excluding hydrogens is 573 g/mol. The zero-order valence-electron chi connectivity index (χ0n) is 22.5. The van der Waals surface area contributed by atoms with Crippen LogP contribution in [0.2, 0.25) is 5.02 Å². The molecule has 1 heterocycles. The van der Waals surface area contributed by atoms with Gasteiger partial charge in [0.25, 0.3) is 0 Å². The molecule has 0 atom stereocenters. The Hall–Kier alpha value is -4.18. The molecule has 0 amide bonds. The van der Waals surface area contributed by atoms with E-state index in [1.54, 1.807) is 24.3 Å². The topological polar surface area (TPSA) is 103 Å². The van der Waals surface area contributed by atoms with Crippen LogP contribution in [0.15, 0.2) is 72.0 Å². The highest BCUT2D eigenvalue weighted by Crippen LogP contribution is 2.39. The molecule has 3 aromatic carbocycles. The normalized spacial score (nSPS) is 16.0. The van der Waals surface area contributed by atoms with Gasteiger partial charge in [0, 0.05) is 41.2 Å². The van der Waals surface area contributed by atoms with E-state index in [9.17, 15) is 28.2 Å². The number of halogens is 4. The lowest BCUT2D eigenvalue weighted by atomic mass is 9.90. The monoisotopic (exact) mass is 600 g/mol. The zero-order chi connectivity index (χ0) is 30.2. The Balaban J connectivity index is 1.28. The molecule has 3 N–H and O–H groups in total. The van der Waals surface area contributed by atoms with Gasteiger partial charge < -0.3 is 24.6 Å². The van der Waals surface area contributed by atoms with E-state index in [4.69, 9.17) is 21.7 Å². The number of allylic oxidation sites excluding steroid dienone is 1. The molecule has 1 saturated carbocycles. The molecule has 220 valence electrons. The van der Waals surface area contributed by atoms with Crippen molar-refractivity contribution in [2.45, 2.75) is 32.0 Å². The molecule has 3 aromatic rings. The lowest BCUT2D eigenvalue weighted by molar-refractivity contribution is -0.274. The quantitative estimate of drug-likeness (QED) is 0.164.